The average molecular weight is 471 g/mol. The number of rotatable bonds is 3. The molecule has 1 saturated heterocycles. The van der Waals surface area contributed by atoms with Crippen LogP contribution in [-0.4, -0.2) is 61.9 Å². The van der Waals surface area contributed by atoms with Crippen LogP contribution < -0.4 is 4.90 Å². The van der Waals surface area contributed by atoms with Crippen molar-refractivity contribution in [3.63, 3.8) is 0 Å². The lowest BCUT2D eigenvalue weighted by Gasteiger charge is -2.32. The standard InChI is InChI=1S/C25H30N2O5S/c1-25(2,3)32-24(29)27-15-18-6-5-7-19(22(18)33-16-27)17-8-9-20(23(28)30-4)21(14-17)26-10-12-31-13-11-26/h5-9,14H,10-13,15-16H2,1-4H3. The van der Waals surface area contributed by atoms with Gasteiger partial charge in [0.2, 0.25) is 0 Å². The first-order valence-electron chi connectivity index (χ1n) is 11.0. The number of hydrogen-bond donors (Lipinski definition) is 0. The van der Waals surface area contributed by atoms with Gasteiger partial charge >= 0.3 is 12.1 Å². The van der Waals surface area contributed by atoms with E-state index in [-0.39, 0.29) is 12.1 Å². The number of ether oxygens (including phenoxy) is 3. The van der Waals surface area contributed by atoms with E-state index in [0.717, 1.165) is 40.4 Å². The fourth-order valence-corrected chi connectivity index (χ4v) is 5.13. The van der Waals surface area contributed by atoms with Crippen LogP contribution in [0.5, 0.6) is 0 Å². The predicted molar refractivity (Wildman–Crippen MR) is 129 cm³/mol. The minimum atomic E-state index is -0.527. The molecule has 1 fully saturated rings. The molecule has 0 N–H and O–H groups in total. The van der Waals surface area contributed by atoms with Gasteiger partial charge in [0.15, 0.2) is 0 Å². The number of amides is 1. The summed E-state index contributed by atoms with van der Waals surface area (Å²) in [5.74, 6) is 0.177. The van der Waals surface area contributed by atoms with Crippen molar-refractivity contribution in [2.24, 2.45) is 0 Å². The number of morpholine rings is 1. The van der Waals surface area contributed by atoms with Crippen LogP contribution in [0.25, 0.3) is 11.1 Å². The Bertz CT molecular complexity index is 1040. The van der Waals surface area contributed by atoms with Gasteiger partial charge in [0.05, 0.1) is 44.0 Å². The number of methoxy groups -OCH3 is 1. The lowest BCUT2D eigenvalue weighted by Crippen LogP contribution is -2.37. The first-order chi connectivity index (χ1) is 15.8. The Morgan fingerprint density at radius 1 is 1.09 bits per heavy atom. The molecule has 2 aliphatic heterocycles. The van der Waals surface area contributed by atoms with Crippen LogP contribution in [0.15, 0.2) is 41.3 Å². The molecule has 0 unspecified atom stereocenters. The molecule has 8 heteroatoms. The molecule has 2 aliphatic rings. The molecule has 1 amide bonds. The summed E-state index contributed by atoms with van der Waals surface area (Å²) in [6.07, 6.45) is -0.303. The number of nitrogens with zero attached hydrogens (tertiary/aromatic N) is 2. The van der Waals surface area contributed by atoms with E-state index in [9.17, 15) is 9.59 Å². The number of anilines is 1. The zero-order valence-electron chi connectivity index (χ0n) is 19.6. The summed E-state index contributed by atoms with van der Waals surface area (Å²) in [5, 5.41) is 0. The highest BCUT2D eigenvalue weighted by Gasteiger charge is 2.28. The average Bonchev–Trinajstić information content (AvgIpc) is 2.82. The SMILES string of the molecule is COC(=O)c1ccc(-c2cccc3c2SCN(C(=O)OC(C)(C)C)C3)cc1N1CCOCC1. The number of hydrogen-bond acceptors (Lipinski definition) is 7. The quantitative estimate of drug-likeness (QED) is 0.598. The van der Waals surface area contributed by atoms with E-state index in [0.29, 0.717) is 31.2 Å². The third-order valence-electron chi connectivity index (χ3n) is 5.54. The van der Waals surface area contributed by atoms with Gasteiger partial charge in [-0.3, -0.25) is 4.90 Å². The fourth-order valence-electron chi connectivity index (χ4n) is 3.99. The normalized spacial score (nSPS) is 16.2. The molecular formula is C25H30N2O5S. The van der Waals surface area contributed by atoms with E-state index in [1.54, 1.807) is 16.7 Å². The van der Waals surface area contributed by atoms with Gasteiger partial charge in [-0.2, -0.15) is 0 Å². The number of benzene rings is 2. The van der Waals surface area contributed by atoms with Crippen molar-refractivity contribution in [2.45, 2.75) is 37.8 Å². The lowest BCUT2D eigenvalue weighted by molar-refractivity contribution is 0.0268. The Balaban J connectivity index is 1.66. The lowest BCUT2D eigenvalue weighted by atomic mass is 9.99. The molecule has 0 aromatic heterocycles. The molecule has 2 heterocycles. The maximum absolute atomic E-state index is 12.6. The third-order valence-corrected chi connectivity index (χ3v) is 6.75. The van der Waals surface area contributed by atoms with Gasteiger partial charge in [0.1, 0.15) is 5.60 Å². The maximum Gasteiger partial charge on any atom is 0.411 e. The Labute approximate surface area is 199 Å². The highest BCUT2D eigenvalue weighted by Crippen LogP contribution is 2.40. The van der Waals surface area contributed by atoms with Crippen LogP contribution in [-0.2, 0) is 20.8 Å². The minimum absolute atomic E-state index is 0.303. The molecule has 176 valence electrons. The number of carbonyl (C=O) groups excluding carboxylic acids is 2. The topological polar surface area (TPSA) is 68.3 Å². The van der Waals surface area contributed by atoms with E-state index < -0.39 is 5.60 Å². The van der Waals surface area contributed by atoms with E-state index in [1.165, 1.54) is 7.11 Å². The molecule has 0 aliphatic carbocycles. The van der Waals surface area contributed by atoms with Gasteiger partial charge in [0, 0.05) is 18.0 Å². The molecule has 2 aromatic carbocycles. The van der Waals surface area contributed by atoms with Crippen LogP contribution in [0, 0.1) is 0 Å². The minimum Gasteiger partial charge on any atom is -0.465 e. The van der Waals surface area contributed by atoms with Crippen LogP contribution in [0.2, 0.25) is 0 Å². The van der Waals surface area contributed by atoms with Crippen LogP contribution in [0.4, 0.5) is 10.5 Å². The van der Waals surface area contributed by atoms with Crippen molar-refractivity contribution in [2.75, 3.05) is 44.2 Å². The molecule has 0 radical (unpaired) electrons. The van der Waals surface area contributed by atoms with Gasteiger partial charge in [-0.1, -0.05) is 24.3 Å². The van der Waals surface area contributed by atoms with Gasteiger partial charge in [-0.25, -0.2) is 9.59 Å². The molecule has 7 nitrogen and oxygen atoms in total. The van der Waals surface area contributed by atoms with Crippen molar-refractivity contribution in [3.8, 4) is 11.1 Å². The van der Waals surface area contributed by atoms with Gasteiger partial charge in [0.25, 0.3) is 0 Å². The number of thioether (sulfide) groups is 1. The first kappa shape index (κ1) is 23.4. The summed E-state index contributed by atoms with van der Waals surface area (Å²) in [7, 11) is 1.40. The van der Waals surface area contributed by atoms with Crippen molar-refractivity contribution in [1.29, 1.82) is 0 Å². The molecule has 2 aromatic rings. The van der Waals surface area contributed by atoms with Crippen molar-refractivity contribution >= 4 is 29.5 Å². The molecule has 0 spiro atoms. The highest BCUT2D eigenvalue weighted by atomic mass is 32.2. The number of fused-ring (bicyclic) bond motifs is 1. The summed E-state index contributed by atoms with van der Waals surface area (Å²) in [6, 6.07) is 12.0. The molecule has 0 saturated carbocycles. The van der Waals surface area contributed by atoms with Crippen LogP contribution in [0.1, 0.15) is 36.7 Å². The number of carbonyl (C=O) groups is 2. The Morgan fingerprint density at radius 2 is 1.85 bits per heavy atom. The van der Waals surface area contributed by atoms with Crippen LogP contribution >= 0.6 is 11.8 Å². The van der Waals surface area contributed by atoms with E-state index >= 15 is 0 Å². The van der Waals surface area contributed by atoms with E-state index in [1.807, 2.05) is 45.0 Å². The van der Waals surface area contributed by atoms with Crippen molar-refractivity contribution < 1.29 is 23.8 Å². The third kappa shape index (κ3) is 5.28. The summed E-state index contributed by atoms with van der Waals surface area (Å²) in [5.41, 5.74) is 4.08. The first-order valence-corrected chi connectivity index (χ1v) is 12.0. The second-order valence-corrected chi connectivity index (χ2v) is 10.0. The monoisotopic (exact) mass is 470 g/mol. The van der Waals surface area contributed by atoms with Gasteiger partial charge < -0.3 is 19.1 Å². The van der Waals surface area contributed by atoms with Gasteiger partial charge in [-0.05, 0) is 49.6 Å². The van der Waals surface area contributed by atoms with Crippen molar-refractivity contribution in [1.82, 2.24) is 4.90 Å². The molecular weight excluding hydrogens is 440 g/mol. The molecule has 4 rings (SSSR count). The number of esters is 1. The summed E-state index contributed by atoms with van der Waals surface area (Å²) >= 11 is 1.63. The van der Waals surface area contributed by atoms with E-state index in [2.05, 4.69) is 17.0 Å². The largest absolute Gasteiger partial charge is 0.465 e. The Hall–Kier alpha value is -2.71. The molecule has 0 atom stereocenters. The second kappa shape index (κ2) is 9.65. The summed E-state index contributed by atoms with van der Waals surface area (Å²) in [6.45, 7) is 8.82. The van der Waals surface area contributed by atoms with Gasteiger partial charge in [-0.15, -0.1) is 11.8 Å². The maximum atomic E-state index is 12.6. The fraction of sp³-hybridized carbons (Fsp3) is 0.440. The van der Waals surface area contributed by atoms with Crippen LogP contribution in [0.3, 0.4) is 0 Å². The highest BCUT2D eigenvalue weighted by molar-refractivity contribution is 7.99. The molecule has 33 heavy (non-hydrogen) atoms. The zero-order valence-corrected chi connectivity index (χ0v) is 20.4. The Morgan fingerprint density at radius 3 is 2.55 bits per heavy atom. The summed E-state index contributed by atoms with van der Waals surface area (Å²) < 4.78 is 16.1. The Kier molecular flexibility index (Phi) is 6.86. The summed E-state index contributed by atoms with van der Waals surface area (Å²) in [4.78, 5) is 30.0. The predicted octanol–water partition coefficient (Wildman–Crippen LogP) is 4.78. The molecule has 0 bridgehead atoms. The smallest absolute Gasteiger partial charge is 0.411 e. The van der Waals surface area contributed by atoms with E-state index in [4.69, 9.17) is 14.2 Å². The second-order valence-electron chi connectivity index (χ2n) is 9.07. The zero-order chi connectivity index (χ0) is 23.6. The van der Waals surface area contributed by atoms with Crippen molar-refractivity contribution in [3.05, 3.63) is 47.5 Å².